The lowest BCUT2D eigenvalue weighted by molar-refractivity contribution is -0.118. The van der Waals surface area contributed by atoms with Crippen molar-refractivity contribution in [2.24, 2.45) is 5.92 Å². The van der Waals surface area contributed by atoms with E-state index in [1.807, 2.05) is 13.8 Å². The van der Waals surface area contributed by atoms with Gasteiger partial charge in [-0.15, -0.1) is 0 Å². The first kappa shape index (κ1) is 20.5. The molecule has 7 heteroatoms. The van der Waals surface area contributed by atoms with Crippen LogP contribution in [-0.2, 0) is 4.79 Å². The molecule has 2 amide bonds. The molecule has 0 aliphatic carbocycles. The molecular formula is C22H26N2O5. The Labute approximate surface area is 170 Å². The molecule has 0 unspecified atom stereocenters. The first-order chi connectivity index (χ1) is 14.0. The lowest BCUT2D eigenvalue weighted by Crippen LogP contribution is -2.47. The van der Waals surface area contributed by atoms with Crippen molar-refractivity contribution in [3.63, 3.8) is 0 Å². The van der Waals surface area contributed by atoms with Crippen LogP contribution in [0.4, 0.5) is 5.69 Å². The van der Waals surface area contributed by atoms with E-state index in [2.05, 4.69) is 10.6 Å². The van der Waals surface area contributed by atoms with Crippen LogP contribution >= 0.6 is 0 Å². The third-order valence-corrected chi connectivity index (χ3v) is 4.60. The predicted octanol–water partition coefficient (Wildman–Crippen LogP) is 3.25. The van der Waals surface area contributed by atoms with Crippen molar-refractivity contribution >= 4 is 17.5 Å². The van der Waals surface area contributed by atoms with Crippen molar-refractivity contribution < 1.29 is 23.8 Å². The van der Waals surface area contributed by atoms with Crippen molar-refractivity contribution in [2.75, 3.05) is 25.6 Å². The number of ether oxygens (including phenoxy) is 3. The van der Waals surface area contributed by atoms with E-state index in [9.17, 15) is 9.59 Å². The molecule has 0 saturated carbocycles. The van der Waals surface area contributed by atoms with Gasteiger partial charge in [0.1, 0.15) is 11.8 Å². The monoisotopic (exact) mass is 398 g/mol. The molecule has 1 aliphatic heterocycles. The molecule has 1 aliphatic rings. The quantitative estimate of drug-likeness (QED) is 0.780. The minimum atomic E-state index is -0.694. The van der Waals surface area contributed by atoms with Gasteiger partial charge in [0, 0.05) is 23.7 Å². The Balaban J connectivity index is 1.69. The number of nitrogens with one attached hydrogen (secondary N) is 2. The fourth-order valence-electron chi connectivity index (χ4n) is 2.96. The minimum absolute atomic E-state index is 0.0994. The number of benzene rings is 2. The number of hydrogen-bond acceptors (Lipinski definition) is 5. The molecule has 1 heterocycles. The van der Waals surface area contributed by atoms with E-state index >= 15 is 0 Å². The first-order valence-electron chi connectivity index (χ1n) is 9.63. The van der Waals surface area contributed by atoms with Gasteiger partial charge in [-0.2, -0.15) is 0 Å². The zero-order chi connectivity index (χ0) is 20.8. The summed E-state index contributed by atoms with van der Waals surface area (Å²) in [6, 6.07) is 11.3. The highest BCUT2D eigenvalue weighted by Crippen LogP contribution is 2.32. The highest BCUT2D eigenvalue weighted by atomic mass is 16.5. The number of rotatable bonds is 6. The minimum Gasteiger partial charge on any atom is -0.497 e. The van der Waals surface area contributed by atoms with Gasteiger partial charge in [0.2, 0.25) is 5.91 Å². The third kappa shape index (κ3) is 5.19. The second kappa shape index (κ2) is 9.32. The van der Waals surface area contributed by atoms with Crippen molar-refractivity contribution in [2.45, 2.75) is 26.3 Å². The van der Waals surface area contributed by atoms with Crippen LogP contribution in [0.3, 0.4) is 0 Å². The van der Waals surface area contributed by atoms with Crippen LogP contribution in [0.2, 0.25) is 0 Å². The normalized spacial score (nSPS) is 13.9. The number of fused-ring (bicyclic) bond motifs is 1. The predicted molar refractivity (Wildman–Crippen MR) is 110 cm³/mol. The second-order valence-corrected chi connectivity index (χ2v) is 7.12. The van der Waals surface area contributed by atoms with E-state index in [0.29, 0.717) is 41.7 Å². The SMILES string of the molecule is COc1ccc(C(=O)N[C@@H](C(=O)Nc2ccc3c(c2)OCCCO3)C(C)C)cc1. The van der Waals surface area contributed by atoms with Crippen molar-refractivity contribution in [1.29, 1.82) is 0 Å². The molecule has 29 heavy (non-hydrogen) atoms. The molecule has 154 valence electrons. The van der Waals surface area contributed by atoms with Gasteiger partial charge in [-0.1, -0.05) is 13.8 Å². The number of amides is 2. The summed E-state index contributed by atoms with van der Waals surface area (Å²) in [5.41, 5.74) is 1.04. The second-order valence-electron chi connectivity index (χ2n) is 7.12. The average Bonchev–Trinajstić information content (AvgIpc) is 2.96. The molecule has 0 spiro atoms. The van der Waals surface area contributed by atoms with Gasteiger partial charge in [0.05, 0.1) is 20.3 Å². The Hall–Kier alpha value is -3.22. The Morgan fingerprint density at radius 3 is 2.34 bits per heavy atom. The van der Waals surface area contributed by atoms with Gasteiger partial charge >= 0.3 is 0 Å². The molecule has 0 radical (unpaired) electrons. The summed E-state index contributed by atoms with van der Waals surface area (Å²) in [7, 11) is 1.56. The summed E-state index contributed by atoms with van der Waals surface area (Å²) in [6.45, 7) is 4.93. The molecular weight excluding hydrogens is 372 g/mol. The summed E-state index contributed by atoms with van der Waals surface area (Å²) in [5.74, 6) is 1.21. The van der Waals surface area contributed by atoms with Gasteiger partial charge in [0.25, 0.3) is 5.91 Å². The molecule has 1 atom stereocenters. The number of carbonyl (C=O) groups is 2. The highest BCUT2D eigenvalue weighted by Gasteiger charge is 2.25. The summed E-state index contributed by atoms with van der Waals surface area (Å²) < 4.78 is 16.4. The molecule has 0 aromatic heterocycles. The molecule has 3 rings (SSSR count). The standard InChI is InChI=1S/C22H26N2O5/c1-14(2)20(24-21(25)15-5-8-17(27-3)9-6-15)22(26)23-16-7-10-18-19(13-16)29-12-4-11-28-18/h5-10,13-14,20H,4,11-12H2,1-3H3,(H,23,26)(H,24,25)/t20-/m1/s1. The van der Waals surface area contributed by atoms with E-state index in [0.717, 1.165) is 6.42 Å². The fraction of sp³-hybridized carbons (Fsp3) is 0.364. The molecule has 0 bridgehead atoms. The van der Waals surface area contributed by atoms with Gasteiger partial charge in [-0.3, -0.25) is 9.59 Å². The van der Waals surface area contributed by atoms with Gasteiger partial charge in [-0.25, -0.2) is 0 Å². The van der Waals surface area contributed by atoms with E-state index in [1.54, 1.807) is 49.6 Å². The molecule has 2 aromatic carbocycles. The van der Waals surface area contributed by atoms with Gasteiger partial charge in [0.15, 0.2) is 11.5 Å². The molecule has 0 saturated heterocycles. The number of carbonyl (C=O) groups excluding carboxylic acids is 2. The Morgan fingerprint density at radius 2 is 1.69 bits per heavy atom. The Bertz CT molecular complexity index is 864. The van der Waals surface area contributed by atoms with Crippen molar-refractivity contribution in [3.8, 4) is 17.2 Å². The third-order valence-electron chi connectivity index (χ3n) is 4.60. The zero-order valence-corrected chi connectivity index (χ0v) is 16.9. The van der Waals surface area contributed by atoms with E-state index in [-0.39, 0.29) is 17.7 Å². The summed E-state index contributed by atoms with van der Waals surface area (Å²) in [5, 5.41) is 5.67. The van der Waals surface area contributed by atoms with Crippen LogP contribution in [0.5, 0.6) is 17.2 Å². The Kier molecular flexibility index (Phi) is 6.59. The number of methoxy groups -OCH3 is 1. The van der Waals surface area contributed by atoms with Crippen LogP contribution in [0, 0.1) is 5.92 Å². The van der Waals surface area contributed by atoms with E-state index in [4.69, 9.17) is 14.2 Å². The summed E-state index contributed by atoms with van der Waals surface area (Å²) >= 11 is 0. The lowest BCUT2D eigenvalue weighted by Gasteiger charge is -2.22. The number of hydrogen-bond donors (Lipinski definition) is 2. The average molecular weight is 398 g/mol. The molecule has 7 nitrogen and oxygen atoms in total. The van der Waals surface area contributed by atoms with Crippen LogP contribution in [-0.4, -0.2) is 38.2 Å². The van der Waals surface area contributed by atoms with Gasteiger partial charge < -0.3 is 24.8 Å². The van der Waals surface area contributed by atoms with Crippen LogP contribution < -0.4 is 24.8 Å². The Morgan fingerprint density at radius 1 is 1.00 bits per heavy atom. The zero-order valence-electron chi connectivity index (χ0n) is 16.9. The van der Waals surface area contributed by atoms with Crippen LogP contribution in [0.1, 0.15) is 30.6 Å². The van der Waals surface area contributed by atoms with Crippen LogP contribution in [0.25, 0.3) is 0 Å². The highest BCUT2D eigenvalue weighted by molar-refractivity contribution is 6.01. The smallest absolute Gasteiger partial charge is 0.251 e. The first-order valence-corrected chi connectivity index (χ1v) is 9.63. The van der Waals surface area contributed by atoms with Crippen molar-refractivity contribution in [3.05, 3.63) is 48.0 Å². The number of anilines is 1. The van der Waals surface area contributed by atoms with Crippen molar-refractivity contribution in [1.82, 2.24) is 5.32 Å². The topological polar surface area (TPSA) is 85.9 Å². The summed E-state index contributed by atoms with van der Waals surface area (Å²) in [6.07, 6.45) is 0.809. The van der Waals surface area contributed by atoms with E-state index < -0.39 is 6.04 Å². The fourth-order valence-corrected chi connectivity index (χ4v) is 2.96. The largest absolute Gasteiger partial charge is 0.497 e. The molecule has 0 fully saturated rings. The lowest BCUT2D eigenvalue weighted by atomic mass is 10.0. The maximum atomic E-state index is 12.8. The molecule has 2 aromatic rings. The maximum Gasteiger partial charge on any atom is 0.251 e. The van der Waals surface area contributed by atoms with Crippen LogP contribution in [0.15, 0.2) is 42.5 Å². The van der Waals surface area contributed by atoms with E-state index in [1.165, 1.54) is 0 Å². The molecule has 2 N–H and O–H groups in total. The van der Waals surface area contributed by atoms with Gasteiger partial charge in [-0.05, 0) is 42.3 Å². The summed E-state index contributed by atoms with van der Waals surface area (Å²) in [4.78, 5) is 25.4. The maximum absolute atomic E-state index is 12.8.